The molecule has 0 spiro atoms. The van der Waals surface area contributed by atoms with Crippen molar-refractivity contribution in [2.45, 2.75) is 13.1 Å². The van der Waals surface area contributed by atoms with Crippen LogP contribution in [0.25, 0.3) is 0 Å². The summed E-state index contributed by atoms with van der Waals surface area (Å²) in [5, 5.41) is 0. The SMILES string of the molecule is COc1ccc(CN(C)Cc2ccc(F)cc2)cc1Br. The normalized spacial score (nSPS) is 10.8. The average molecular weight is 338 g/mol. The van der Waals surface area contributed by atoms with E-state index in [4.69, 9.17) is 4.74 Å². The third kappa shape index (κ3) is 4.05. The van der Waals surface area contributed by atoms with Crippen LogP contribution in [0.2, 0.25) is 0 Å². The van der Waals surface area contributed by atoms with Gasteiger partial charge in [0.15, 0.2) is 0 Å². The second-order valence-electron chi connectivity index (χ2n) is 4.77. The van der Waals surface area contributed by atoms with Crippen LogP contribution in [0, 0.1) is 5.82 Å². The lowest BCUT2D eigenvalue weighted by Crippen LogP contribution is -2.17. The van der Waals surface area contributed by atoms with Gasteiger partial charge < -0.3 is 4.74 Å². The summed E-state index contributed by atoms with van der Waals surface area (Å²) < 4.78 is 19.0. The Morgan fingerprint density at radius 3 is 2.25 bits per heavy atom. The van der Waals surface area contributed by atoms with Gasteiger partial charge in [-0.25, -0.2) is 4.39 Å². The van der Waals surface area contributed by atoms with Crippen LogP contribution < -0.4 is 4.74 Å². The lowest BCUT2D eigenvalue weighted by Gasteiger charge is -2.17. The third-order valence-corrected chi connectivity index (χ3v) is 3.65. The molecule has 4 heteroatoms. The molecule has 0 aromatic heterocycles. The van der Waals surface area contributed by atoms with E-state index in [2.05, 4.69) is 26.9 Å². The summed E-state index contributed by atoms with van der Waals surface area (Å²) in [7, 11) is 3.70. The number of benzene rings is 2. The van der Waals surface area contributed by atoms with E-state index >= 15 is 0 Å². The molecule has 2 aromatic carbocycles. The molecule has 20 heavy (non-hydrogen) atoms. The summed E-state index contributed by atoms with van der Waals surface area (Å²) in [6, 6.07) is 12.7. The quantitative estimate of drug-likeness (QED) is 0.809. The summed E-state index contributed by atoms with van der Waals surface area (Å²) >= 11 is 3.49. The monoisotopic (exact) mass is 337 g/mol. The van der Waals surface area contributed by atoms with E-state index in [0.717, 1.165) is 28.9 Å². The van der Waals surface area contributed by atoms with Crippen LogP contribution in [-0.2, 0) is 13.1 Å². The Morgan fingerprint density at radius 2 is 1.65 bits per heavy atom. The van der Waals surface area contributed by atoms with Crippen LogP contribution in [0.5, 0.6) is 5.75 Å². The Bertz CT molecular complexity index is 571. The molecular formula is C16H17BrFNO. The van der Waals surface area contributed by atoms with E-state index < -0.39 is 0 Å². The second kappa shape index (κ2) is 6.86. The standard InChI is InChI=1S/C16H17BrFNO/c1-19(10-12-3-6-14(18)7-4-12)11-13-5-8-16(20-2)15(17)9-13/h3-9H,10-11H2,1-2H3. The van der Waals surface area contributed by atoms with Crippen molar-refractivity contribution >= 4 is 15.9 Å². The van der Waals surface area contributed by atoms with Crippen LogP contribution in [0.1, 0.15) is 11.1 Å². The summed E-state index contributed by atoms with van der Waals surface area (Å²) in [6.07, 6.45) is 0. The Morgan fingerprint density at radius 1 is 1.05 bits per heavy atom. The van der Waals surface area contributed by atoms with Crippen LogP contribution in [0.3, 0.4) is 0 Å². The topological polar surface area (TPSA) is 12.5 Å². The highest BCUT2D eigenvalue weighted by Gasteiger charge is 2.05. The fourth-order valence-corrected chi connectivity index (χ4v) is 2.67. The maximum Gasteiger partial charge on any atom is 0.133 e. The van der Waals surface area contributed by atoms with Crippen molar-refractivity contribution < 1.29 is 9.13 Å². The highest BCUT2D eigenvalue weighted by atomic mass is 79.9. The maximum atomic E-state index is 12.9. The number of hydrogen-bond donors (Lipinski definition) is 0. The number of methoxy groups -OCH3 is 1. The molecule has 0 bridgehead atoms. The van der Waals surface area contributed by atoms with Gasteiger partial charge in [-0.2, -0.15) is 0 Å². The van der Waals surface area contributed by atoms with Gasteiger partial charge in [-0.3, -0.25) is 4.90 Å². The van der Waals surface area contributed by atoms with Crippen LogP contribution in [0.4, 0.5) is 4.39 Å². The summed E-state index contributed by atoms with van der Waals surface area (Å²) in [5.41, 5.74) is 2.30. The van der Waals surface area contributed by atoms with Gasteiger partial charge in [0.1, 0.15) is 11.6 Å². The lowest BCUT2D eigenvalue weighted by atomic mass is 10.1. The predicted molar refractivity (Wildman–Crippen MR) is 82.3 cm³/mol. The van der Waals surface area contributed by atoms with Gasteiger partial charge in [0.2, 0.25) is 0 Å². The molecule has 0 N–H and O–H groups in total. The van der Waals surface area contributed by atoms with Crippen LogP contribution >= 0.6 is 15.9 Å². The van der Waals surface area contributed by atoms with Crippen molar-refractivity contribution in [3.05, 3.63) is 63.9 Å². The maximum absolute atomic E-state index is 12.9. The van der Waals surface area contributed by atoms with E-state index in [1.807, 2.05) is 31.3 Å². The van der Waals surface area contributed by atoms with E-state index in [1.54, 1.807) is 7.11 Å². The number of halogens is 2. The lowest BCUT2D eigenvalue weighted by molar-refractivity contribution is 0.318. The van der Waals surface area contributed by atoms with E-state index in [0.29, 0.717) is 0 Å². The number of rotatable bonds is 5. The predicted octanol–water partition coefficient (Wildman–Crippen LogP) is 4.23. The van der Waals surface area contributed by atoms with Crippen molar-refractivity contribution in [3.8, 4) is 5.75 Å². The van der Waals surface area contributed by atoms with E-state index in [-0.39, 0.29) is 5.82 Å². The average Bonchev–Trinajstić information content (AvgIpc) is 2.41. The first-order valence-electron chi connectivity index (χ1n) is 6.34. The van der Waals surface area contributed by atoms with Crippen molar-refractivity contribution in [2.24, 2.45) is 0 Å². The molecule has 106 valence electrons. The number of nitrogens with zero attached hydrogens (tertiary/aromatic N) is 1. The smallest absolute Gasteiger partial charge is 0.133 e. The summed E-state index contributed by atoms with van der Waals surface area (Å²) in [4.78, 5) is 2.18. The Labute approximate surface area is 127 Å². The molecule has 2 rings (SSSR count). The largest absolute Gasteiger partial charge is 0.496 e. The molecule has 2 aromatic rings. The molecule has 0 saturated carbocycles. The number of hydrogen-bond acceptors (Lipinski definition) is 2. The summed E-state index contributed by atoms with van der Waals surface area (Å²) in [6.45, 7) is 1.60. The minimum atomic E-state index is -0.199. The zero-order chi connectivity index (χ0) is 14.5. The molecule has 0 saturated heterocycles. The van der Waals surface area contributed by atoms with Gasteiger partial charge in [0.05, 0.1) is 11.6 Å². The van der Waals surface area contributed by atoms with Crippen molar-refractivity contribution in [2.75, 3.05) is 14.2 Å². The molecule has 2 nitrogen and oxygen atoms in total. The first-order chi connectivity index (χ1) is 9.58. The van der Waals surface area contributed by atoms with Crippen molar-refractivity contribution in [1.82, 2.24) is 4.90 Å². The first kappa shape index (κ1) is 15.0. The fourth-order valence-electron chi connectivity index (χ4n) is 2.08. The molecule has 0 aliphatic carbocycles. The minimum absolute atomic E-state index is 0.199. The van der Waals surface area contributed by atoms with E-state index in [1.165, 1.54) is 17.7 Å². The van der Waals surface area contributed by atoms with Gasteiger partial charge >= 0.3 is 0 Å². The third-order valence-electron chi connectivity index (χ3n) is 3.03. The molecule has 0 amide bonds. The van der Waals surface area contributed by atoms with Gasteiger partial charge in [-0.1, -0.05) is 18.2 Å². The molecule has 0 atom stereocenters. The zero-order valence-corrected chi connectivity index (χ0v) is 13.2. The molecule has 0 fully saturated rings. The molecule has 0 heterocycles. The highest BCUT2D eigenvalue weighted by molar-refractivity contribution is 9.10. The van der Waals surface area contributed by atoms with Crippen molar-refractivity contribution in [1.29, 1.82) is 0 Å². The Balaban J connectivity index is 1.99. The van der Waals surface area contributed by atoms with Crippen molar-refractivity contribution in [3.63, 3.8) is 0 Å². The molecule has 0 radical (unpaired) electrons. The Kier molecular flexibility index (Phi) is 5.15. The highest BCUT2D eigenvalue weighted by Crippen LogP contribution is 2.26. The van der Waals surface area contributed by atoms with Gasteiger partial charge in [0, 0.05) is 13.1 Å². The Hall–Kier alpha value is -1.39. The fraction of sp³-hybridized carbons (Fsp3) is 0.250. The van der Waals surface area contributed by atoms with Crippen LogP contribution in [-0.4, -0.2) is 19.1 Å². The van der Waals surface area contributed by atoms with Gasteiger partial charge in [0.25, 0.3) is 0 Å². The molecule has 0 aliphatic heterocycles. The second-order valence-corrected chi connectivity index (χ2v) is 5.62. The van der Waals surface area contributed by atoms with Crippen LogP contribution in [0.15, 0.2) is 46.9 Å². The molecular weight excluding hydrogens is 321 g/mol. The summed E-state index contributed by atoms with van der Waals surface area (Å²) in [5.74, 6) is 0.630. The first-order valence-corrected chi connectivity index (χ1v) is 7.13. The van der Waals surface area contributed by atoms with E-state index in [9.17, 15) is 4.39 Å². The minimum Gasteiger partial charge on any atom is -0.496 e. The van der Waals surface area contributed by atoms with Gasteiger partial charge in [-0.15, -0.1) is 0 Å². The van der Waals surface area contributed by atoms with Gasteiger partial charge in [-0.05, 0) is 58.4 Å². The molecule has 0 aliphatic rings. The zero-order valence-electron chi connectivity index (χ0n) is 11.6. The number of ether oxygens (including phenoxy) is 1. The molecule has 0 unspecified atom stereocenters.